The van der Waals surface area contributed by atoms with Gasteiger partial charge in [-0.25, -0.2) is 4.39 Å². The van der Waals surface area contributed by atoms with Gasteiger partial charge < -0.3 is 10.1 Å². The Morgan fingerprint density at radius 3 is 2.67 bits per heavy atom. The molecule has 0 saturated heterocycles. The minimum Gasteiger partial charge on any atom is -0.432 e. The van der Waals surface area contributed by atoms with Gasteiger partial charge in [0, 0.05) is 13.1 Å². The van der Waals surface area contributed by atoms with Crippen LogP contribution >= 0.6 is 0 Å². The van der Waals surface area contributed by atoms with Crippen molar-refractivity contribution in [3.63, 3.8) is 0 Å². The first-order valence-corrected chi connectivity index (χ1v) is 5.93. The molecule has 21 heavy (non-hydrogen) atoms. The van der Waals surface area contributed by atoms with Crippen LogP contribution in [0.25, 0.3) is 0 Å². The zero-order chi connectivity index (χ0) is 15.6. The number of hydrogen-bond donors (Lipinski definition) is 1. The fourth-order valence-electron chi connectivity index (χ4n) is 1.80. The monoisotopic (exact) mass is 299 g/mol. The predicted octanol–water partition coefficient (Wildman–Crippen LogP) is 2.72. The number of benzene rings is 1. The van der Waals surface area contributed by atoms with Crippen molar-refractivity contribution in [3.05, 3.63) is 41.5 Å². The molecule has 0 saturated carbocycles. The van der Waals surface area contributed by atoms with E-state index < -0.39 is 24.1 Å². The third-order valence-electron chi connectivity index (χ3n) is 2.64. The molecule has 1 aromatic heterocycles. The maximum Gasteiger partial charge on any atom is 0.387 e. The lowest BCUT2D eigenvalue weighted by Crippen LogP contribution is -2.17. The van der Waals surface area contributed by atoms with Crippen LogP contribution in [0.3, 0.4) is 0 Å². The first-order valence-electron chi connectivity index (χ1n) is 5.93. The number of alkyl halides is 2. The number of aromatic nitrogens is 2. The average Bonchev–Trinajstić information content (AvgIpc) is 2.71. The van der Waals surface area contributed by atoms with Gasteiger partial charge >= 0.3 is 6.61 Å². The number of carbonyl (C=O) groups is 1. The summed E-state index contributed by atoms with van der Waals surface area (Å²) in [7, 11) is 1.57. The van der Waals surface area contributed by atoms with Crippen LogP contribution in [0.2, 0.25) is 0 Å². The van der Waals surface area contributed by atoms with Crippen molar-refractivity contribution in [2.24, 2.45) is 7.05 Å². The molecule has 2 rings (SSSR count). The van der Waals surface area contributed by atoms with Crippen molar-refractivity contribution < 1.29 is 22.7 Å². The maximum atomic E-state index is 13.1. The van der Waals surface area contributed by atoms with Crippen molar-refractivity contribution >= 4 is 11.6 Å². The SMILES string of the molecule is Cc1cc(C(=O)Nc2ccc(F)cc2OC(F)F)n(C)n1. The van der Waals surface area contributed by atoms with E-state index in [1.165, 1.54) is 10.7 Å². The summed E-state index contributed by atoms with van der Waals surface area (Å²) in [5, 5.41) is 6.39. The summed E-state index contributed by atoms with van der Waals surface area (Å²) < 4.78 is 43.2. The molecule has 1 N–H and O–H groups in total. The Morgan fingerprint density at radius 1 is 1.38 bits per heavy atom. The number of anilines is 1. The van der Waals surface area contributed by atoms with Crippen LogP contribution in [0.5, 0.6) is 5.75 Å². The molecule has 0 aliphatic heterocycles. The number of nitrogens with one attached hydrogen (secondary N) is 1. The Bertz CT molecular complexity index is 671. The molecule has 2 aromatic rings. The fraction of sp³-hybridized carbons (Fsp3) is 0.231. The Labute approximate surface area is 118 Å². The second-order valence-electron chi connectivity index (χ2n) is 4.27. The standard InChI is InChI=1S/C13H12F3N3O2/c1-7-5-10(19(2)18-7)12(20)17-9-4-3-8(14)6-11(9)21-13(15)16/h3-6,13H,1-2H3,(H,17,20). The number of hydrogen-bond acceptors (Lipinski definition) is 3. The number of carbonyl (C=O) groups excluding carboxylic acids is 1. The summed E-state index contributed by atoms with van der Waals surface area (Å²) in [5.74, 6) is -1.76. The smallest absolute Gasteiger partial charge is 0.387 e. The van der Waals surface area contributed by atoms with Gasteiger partial charge in [0.05, 0.1) is 11.4 Å². The highest BCUT2D eigenvalue weighted by atomic mass is 19.3. The van der Waals surface area contributed by atoms with E-state index in [4.69, 9.17) is 0 Å². The van der Waals surface area contributed by atoms with Gasteiger partial charge in [0.1, 0.15) is 11.5 Å². The van der Waals surface area contributed by atoms with Gasteiger partial charge in [-0.05, 0) is 25.1 Å². The number of ether oxygens (including phenoxy) is 1. The molecule has 0 bridgehead atoms. The minimum absolute atomic E-state index is 0.0550. The van der Waals surface area contributed by atoms with Gasteiger partial charge in [0.25, 0.3) is 5.91 Å². The molecule has 0 spiro atoms. The van der Waals surface area contributed by atoms with Gasteiger partial charge in [-0.1, -0.05) is 0 Å². The zero-order valence-corrected chi connectivity index (χ0v) is 11.2. The summed E-state index contributed by atoms with van der Waals surface area (Å²) in [6, 6.07) is 4.49. The van der Waals surface area contributed by atoms with Crippen LogP contribution < -0.4 is 10.1 Å². The van der Waals surface area contributed by atoms with Gasteiger partial charge in [-0.2, -0.15) is 13.9 Å². The molecule has 0 fully saturated rings. The van der Waals surface area contributed by atoms with E-state index in [1.54, 1.807) is 14.0 Å². The van der Waals surface area contributed by atoms with Crippen molar-refractivity contribution in [1.29, 1.82) is 0 Å². The summed E-state index contributed by atoms with van der Waals surface area (Å²) in [6.07, 6.45) is 0. The van der Waals surface area contributed by atoms with E-state index in [9.17, 15) is 18.0 Å². The van der Waals surface area contributed by atoms with Crippen molar-refractivity contribution in [1.82, 2.24) is 9.78 Å². The molecular weight excluding hydrogens is 287 g/mol. The molecule has 1 aromatic carbocycles. The Hall–Kier alpha value is -2.51. The Balaban J connectivity index is 2.26. The molecule has 0 atom stereocenters. The van der Waals surface area contributed by atoms with Gasteiger partial charge in [-0.15, -0.1) is 0 Å². The van der Waals surface area contributed by atoms with E-state index in [2.05, 4.69) is 15.2 Å². The fourth-order valence-corrected chi connectivity index (χ4v) is 1.80. The Kier molecular flexibility index (Phi) is 4.15. The Morgan fingerprint density at radius 2 is 2.10 bits per heavy atom. The lowest BCUT2D eigenvalue weighted by molar-refractivity contribution is -0.0495. The second kappa shape index (κ2) is 5.86. The lowest BCUT2D eigenvalue weighted by atomic mass is 10.2. The van der Waals surface area contributed by atoms with Crippen LogP contribution in [0.15, 0.2) is 24.3 Å². The minimum atomic E-state index is -3.12. The van der Waals surface area contributed by atoms with Crippen LogP contribution in [0, 0.1) is 12.7 Å². The molecule has 0 aliphatic rings. The van der Waals surface area contributed by atoms with Crippen molar-refractivity contribution in [3.8, 4) is 5.75 Å². The van der Waals surface area contributed by atoms with Crippen LogP contribution in [-0.4, -0.2) is 22.3 Å². The molecule has 8 heteroatoms. The van der Waals surface area contributed by atoms with E-state index in [-0.39, 0.29) is 11.4 Å². The highest BCUT2D eigenvalue weighted by Crippen LogP contribution is 2.27. The van der Waals surface area contributed by atoms with Gasteiger partial charge in [0.2, 0.25) is 0 Å². The number of nitrogens with zero attached hydrogens (tertiary/aromatic N) is 2. The van der Waals surface area contributed by atoms with Gasteiger partial charge in [-0.3, -0.25) is 9.48 Å². The largest absolute Gasteiger partial charge is 0.432 e. The molecule has 0 radical (unpaired) electrons. The first-order chi connectivity index (χ1) is 9.86. The molecule has 5 nitrogen and oxygen atoms in total. The van der Waals surface area contributed by atoms with E-state index in [1.807, 2.05) is 0 Å². The number of halogens is 3. The third-order valence-corrected chi connectivity index (χ3v) is 2.64. The maximum absolute atomic E-state index is 13.1. The predicted molar refractivity (Wildman–Crippen MR) is 68.9 cm³/mol. The van der Waals surface area contributed by atoms with Crippen LogP contribution in [0.1, 0.15) is 16.2 Å². The highest BCUT2D eigenvalue weighted by molar-refractivity contribution is 6.03. The van der Waals surface area contributed by atoms with E-state index in [0.717, 1.165) is 18.2 Å². The van der Waals surface area contributed by atoms with Crippen molar-refractivity contribution in [2.45, 2.75) is 13.5 Å². The molecule has 1 amide bonds. The third kappa shape index (κ3) is 3.53. The van der Waals surface area contributed by atoms with Crippen molar-refractivity contribution in [2.75, 3.05) is 5.32 Å². The molecular formula is C13H12F3N3O2. The summed E-state index contributed by atoms with van der Waals surface area (Å²) in [6.45, 7) is -1.42. The molecule has 1 heterocycles. The normalized spacial score (nSPS) is 10.8. The zero-order valence-electron chi connectivity index (χ0n) is 11.2. The summed E-state index contributed by atoms with van der Waals surface area (Å²) in [4.78, 5) is 12.1. The molecule has 0 unspecified atom stereocenters. The average molecular weight is 299 g/mol. The lowest BCUT2D eigenvalue weighted by Gasteiger charge is -2.12. The molecule has 0 aliphatic carbocycles. The number of aryl methyl sites for hydroxylation is 2. The van der Waals surface area contributed by atoms with Crippen LogP contribution in [-0.2, 0) is 7.05 Å². The van der Waals surface area contributed by atoms with E-state index >= 15 is 0 Å². The summed E-state index contributed by atoms with van der Waals surface area (Å²) >= 11 is 0. The number of amides is 1. The highest BCUT2D eigenvalue weighted by Gasteiger charge is 2.16. The van der Waals surface area contributed by atoms with Gasteiger partial charge in [0.15, 0.2) is 5.75 Å². The second-order valence-corrected chi connectivity index (χ2v) is 4.27. The van der Waals surface area contributed by atoms with E-state index in [0.29, 0.717) is 5.69 Å². The first kappa shape index (κ1) is 14.9. The topological polar surface area (TPSA) is 56.1 Å². The molecule has 112 valence electrons. The number of rotatable bonds is 4. The quantitative estimate of drug-likeness (QED) is 0.944. The van der Waals surface area contributed by atoms with Crippen LogP contribution in [0.4, 0.5) is 18.9 Å². The summed E-state index contributed by atoms with van der Waals surface area (Å²) in [5.41, 5.74) is 0.811.